The second-order valence-corrected chi connectivity index (χ2v) is 7.80. The van der Waals surface area contributed by atoms with E-state index in [-0.39, 0.29) is 23.2 Å². The molecule has 1 aromatic heterocycles. The van der Waals surface area contributed by atoms with Gasteiger partial charge in [-0.1, -0.05) is 59.6 Å². The molecule has 1 amide bonds. The number of nitrogens with zero attached hydrogens (tertiary/aromatic N) is 3. The van der Waals surface area contributed by atoms with Crippen LogP contribution in [-0.4, -0.2) is 28.8 Å². The molecule has 0 aliphatic heterocycles. The molecule has 3 aromatic carbocycles. The van der Waals surface area contributed by atoms with E-state index in [9.17, 15) is 9.90 Å². The smallest absolute Gasteiger partial charge is 0.302 e. The first-order chi connectivity index (χ1) is 16.0. The number of para-hydroxylation sites is 2. The molecular weight excluding hydrogens is 465 g/mol. The highest BCUT2D eigenvalue weighted by Crippen LogP contribution is 2.38. The number of hydrogen-bond donors (Lipinski definition) is 1. The fraction of sp³-hybridized carbons (Fsp3) is 0.125. The van der Waals surface area contributed by atoms with Crippen molar-refractivity contribution in [2.75, 3.05) is 13.2 Å². The minimum atomic E-state index is -0.635. The summed E-state index contributed by atoms with van der Waals surface area (Å²) in [6, 6.07) is 21.4. The van der Waals surface area contributed by atoms with Crippen molar-refractivity contribution in [2.24, 2.45) is 10.2 Å². The van der Waals surface area contributed by atoms with Crippen molar-refractivity contribution in [3.8, 4) is 17.4 Å². The molecule has 0 spiro atoms. The van der Waals surface area contributed by atoms with Crippen LogP contribution >= 0.6 is 23.2 Å². The lowest BCUT2D eigenvalue weighted by Crippen LogP contribution is -2.08. The van der Waals surface area contributed by atoms with E-state index in [2.05, 4.69) is 10.2 Å². The summed E-state index contributed by atoms with van der Waals surface area (Å²) in [6.07, 6.45) is 0. The molecule has 0 aliphatic carbocycles. The number of azo groups is 1. The highest BCUT2D eigenvalue weighted by atomic mass is 35.5. The van der Waals surface area contributed by atoms with E-state index >= 15 is 0 Å². The molecule has 33 heavy (non-hydrogen) atoms. The lowest BCUT2D eigenvalue weighted by Gasteiger charge is -2.09. The second-order valence-electron chi connectivity index (χ2n) is 6.96. The van der Waals surface area contributed by atoms with Crippen LogP contribution in [0.25, 0.3) is 10.9 Å². The predicted octanol–water partition coefficient (Wildman–Crippen LogP) is 6.42. The number of aromatic nitrogens is 1. The number of benzene rings is 3. The molecule has 7 nitrogen and oxygen atoms in total. The molecule has 1 heterocycles. The first-order valence-electron chi connectivity index (χ1n) is 10.0. The van der Waals surface area contributed by atoms with Crippen LogP contribution < -0.4 is 9.47 Å². The minimum Gasteiger partial charge on any atom is -0.493 e. The molecular formula is C24H19Cl2N3O4. The molecule has 9 heteroatoms. The molecule has 0 atom stereocenters. The van der Waals surface area contributed by atoms with Gasteiger partial charge in [0.15, 0.2) is 12.3 Å². The van der Waals surface area contributed by atoms with Gasteiger partial charge in [0, 0.05) is 10.4 Å². The average Bonchev–Trinajstić information content (AvgIpc) is 3.08. The van der Waals surface area contributed by atoms with Crippen molar-refractivity contribution in [2.45, 2.75) is 6.54 Å². The van der Waals surface area contributed by atoms with Crippen LogP contribution in [0.4, 0.5) is 5.69 Å². The predicted molar refractivity (Wildman–Crippen MR) is 127 cm³/mol. The maximum atomic E-state index is 12.2. The molecule has 0 radical (unpaired) electrons. The zero-order valence-corrected chi connectivity index (χ0v) is 18.8. The van der Waals surface area contributed by atoms with Gasteiger partial charge in [0.05, 0.1) is 17.1 Å². The number of carbonyl (C=O) groups is 1. The lowest BCUT2D eigenvalue weighted by molar-refractivity contribution is -0.120. The Balaban J connectivity index is 1.47. The van der Waals surface area contributed by atoms with Crippen molar-refractivity contribution in [1.82, 2.24) is 4.57 Å². The Kier molecular flexibility index (Phi) is 7.12. The zero-order valence-electron chi connectivity index (χ0n) is 17.3. The van der Waals surface area contributed by atoms with Crippen molar-refractivity contribution in [1.29, 1.82) is 0 Å². The highest BCUT2D eigenvalue weighted by Gasteiger charge is 2.17. The molecule has 0 fully saturated rings. The summed E-state index contributed by atoms with van der Waals surface area (Å²) in [5.74, 6) is 0.304. The van der Waals surface area contributed by atoms with Gasteiger partial charge >= 0.3 is 5.91 Å². The average molecular weight is 484 g/mol. The second kappa shape index (κ2) is 10.4. The van der Waals surface area contributed by atoms with Gasteiger partial charge in [0.1, 0.15) is 18.1 Å². The van der Waals surface area contributed by atoms with Gasteiger partial charge in [0.2, 0.25) is 5.88 Å². The number of ether oxygens (including phenoxy) is 2. The number of hydrogen-bond acceptors (Lipinski definition) is 5. The molecule has 1 N–H and O–H groups in total. The summed E-state index contributed by atoms with van der Waals surface area (Å²) in [5.41, 5.74) is 0.945. The minimum absolute atomic E-state index is 0.105. The SMILES string of the molecule is O=C(COc1ccc(Cl)cc1Cl)N=Nc1c(O)n(CCOc2ccccc2)c2ccccc12. The fourth-order valence-corrected chi connectivity index (χ4v) is 3.70. The van der Waals surface area contributed by atoms with E-state index in [0.29, 0.717) is 29.3 Å². The highest BCUT2D eigenvalue weighted by molar-refractivity contribution is 6.35. The Morgan fingerprint density at radius 2 is 1.73 bits per heavy atom. The van der Waals surface area contributed by atoms with Crippen LogP contribution in [0, 0.1) is 0 Å². The number of aromatic hydroxyl groups is 1. The summed E-state index contributed by atoms with van der Waals surface area (Å²) in [7, 11) is 0. The van der Waals surface area contributed by atoms with Gasteiger partial charge in [-0.3, -0.25) is 4.79 Å². The third kappa shape index (κ3) is 5.45. The number of rotatable bonds is 8. The zero-order chi connectivity index (χ0) is 23.2. The molecule has 0 bridgehead atoms. The van der Waals surface area contributed by atoms with Crippen molar-refractivity contribution in [3.63, 3.8) is 0 Å². The maximum absolute atomic E-state index is 12.2. The monoisotopic (exact) mass is 483 g/mol. The maximum Gasteiger partial charge on any atom is 0.302 e. The van der Waals surface area contributed by atoms with Gasteiger partial charge in [-0.2, -0.15) is 0 Å². The van der Waals surface area contributed by atoms with E-state index in [1.807, 2.05) is 48.5 Å². The molecule has 168 valence electrons. The summed E-state index contributed by atoms with van der Waals surface area (Å²) in [4.78, 5) is 12.2. The van der Waals surface area contributed by atoms with E-state index < -0.39 is 5.91 Å². The molecule has 0 unspecified atom stereocenters. The van der Waals surface area contributed by atoms with Gasteiger partial charge in [-0.05, 0) is 36.4 Å². The Morgan fingerprint density at radius 1 is 0.970 bits per heavy atom. The van der Waals surface area contributed by atoms with Crippen LogP contribution in [-0.2, 0) is 11.3 Å². The van der Waals surface area contributed by atoms with E-state index in [4.69, 9.17) is 32.7 Å². The van der Waals surface area contributed by atoms with Crippen LogP contribution in [0.5, 0.6) is 17.4 Å². The fourth-order valence-electron chi connectivity index (χ4n) is 3.23. The van der Waals surface area contributed by atoms with Gasteiger partial charge < -0.3 is 19.1 Å². The summed E-state index contributed by atoms with van der Waals surface area (Å²) >= 11 is 11.9. The van der Waals surface area contributed by atoms with E-state index in [0.717, 1.165) is 11.3 Å². The van der Waals surface area contributed by atoms with Gasteiger partial charge in [-0.25, -0.2) is 0 Å². The summed E-state index contributed by atoms with van der Waals surface area (Å²) < 4.78 is 12.8. The van der Waals surface area contributed by atoms with Crippen LogP contribution in [0.3, 0.4) is 0 Å². The number of halogens is 2. The van der Waals surface area contributed by atoms with Gasteiger partial charge in [-0.15, -0.1) is 10.2 Å². The standard InChI is InChI=1S/C24H19Cl2N3O4/c25-16-10-11-21(19(26)14-16)33-15-22(30)27-28-23-18-8-4-5-9-20(18)29(24(23)31)12-13-32-17-6-2-1-3-7-17/h1-11,14,31H,12-13,15H2. The molecule has 4 rings (SSSR count). The summed E-state index contributed by atoms with van der Waals surface area (Å²) in [5, 5.41) is 19.9. The van der Waals surface area contributed by atoms with Crippen molar-refractivity contribution < 1.29 is 19.4 Å². The molecule has 4 aromatic rings. The molecule has 0 saturated heterocycles. The Labute approximate surface area is 199 Å². The lowest BCUT2D eigenvalue weighted by atomic mass is 10.2. The topological polar surface area (TPSA) is 85.4 Å². The van der Waals surface area contributed by atoms with Crippen LogP contribution in [0.2, 0.25) is 10.0 Å². The third-order valence-electron chi connectivity index (χ3n) is 4.75. The van der Waals surface area contributed by atoms with Crippen LogP contribution in [0.15, 0.2) is 83.0 Å². The number of amides is 1. The van der Waals surface area contributed by atoms with Crippen LogP contribution in [0.1, 0.15) is 0 Å². The van der Waals surface area contributed by atoms with E-state index in [1.165, 1.54) is 6.07 Å². The quantitative estimate of drug-likeness (QED) is 0.293. The number of carbonyl (C=O) groups excluding carboxylic acids is 1. The molecule has 0 aliphatic rings. The first kappa shape index (κ1) is 22.6. The largest absolute Gasteiger partial charge is 0.493 e. The Morgan fingerprint density at radius 3 is 2.52 bits per heavy atom. The Hall–Kier alpha value is -3.55. The van der Waals surface area contributed by atoms with Gasteiger partial charge in [0.25, 0.3) is 0 Å². The van der Waals surface area contributed by atoms with E-state index in [1.54, 1.807) is 22.8 Å². The Bertz CT molecular complexity index is 1310. The summed E-state index contributed by atoms with van der Waals surface area (Å²) in [6.45, 7) is 0.347. The van der Waals surface area contributed by atoms with Crippen molar-refractivity contribution in [3.05, 3.63) is 82.8 Å². The molecule has 0 saturated carbocycles. The normalized spacial score (nSPS) is 11.2. The third-order valence-corrected chi connectivity index (χ3v) is 5.28. The first-order valence-corrected chi connectivity index (χ1v) is 10.8. The number of fused-ring (bicyclic) bond motifs is 1. The van der Waals surface area contributed by atoms with Crippen molar-refractivity contribution >= 4 is 45.7 Å².